The van der Waals surface area contributed by atoms with E-state index in [-0.39, 0.29) is 18.8 Å². The third-order valence-electron chi connectivity index (χ3n) is 2.28. The van der Waals surface area contributed by atoms with Gasteiger partial charge < -0.3 is 9.84 Å². The molecule has 9 heteroatoms. The highest BCUT2D eigenvalue weighted by atomic mass is 19.4. The second kappa shape index (κ2) is 6.22. The average molecular weight is 293 g/mol. The lowest BCUT2D eigenvalue weighted by Crippen LogP contribution is -2.11. The zero-order valence-corrected chi connectivity index (χ0v) is 10.0. The largest absolute Gasteiger partial charge is 0.492 e. The van der Waals surface area contributed by atoms with Gasteiger partial charge in [0, 0.05) is 12.5 Å². The molecule has 0 aromatic heterocycles. The van der Waals surface area contributed by atoms with Crippen LogP contribution in [0.4, 0.5) is 18.9 Å². The Morgan fingerprint density at radius 1 is 1.40 bits per heavy atom. The van der Waals surface area contributed by atoms with Crippen LogP contribution in [0.5, 0.6) is 5.75 Å². The van der Waals surface area contributed by atoms with Crippen molar-refractivity contribution in [3.05, 3.63) is 33.9 Å². The Morgan fingerprint density at radius 2 is 2.05 bits per heavy atom. The summed E-state index contributed by atoms with van der Waals surface area (Å²) in [5.41, 5.74) is -1.35. The minimum absolute atomic E-state index is 0.325. The summed E-state index contributed by atoms with van der Waals surface area (Å²) in [5, 5.41) is 19.6. The van der Waals surface area contributed by atoms with Gasteiger partial charge in [0.1, 0.15) is 5.75 Å². The van der Waals surface area contributed by atoms with Crippen molar-refractivity contribution >= 4 is 11.7 Å². The molecule has 1 aromatic carbocycles. The lowest BCUT2D eigenvalue weighted by atomic mass is 10.1. The molecule has 1 rings (SSSR count). The fourth-order valence-electron chi connectivity index (χ4n) is 1.46. The molecule has 0 aliphatic carbocycles. The fraction of sp³-hybridized carbons (Fsp3) is 0.364. The second-order valence-corrected chi connectivity index (χ2v) is 3.78. The van der Waals surface area contributed by atoms with Crippen LogP contribution in [0.1, 0.15) is 23.2 Å². The Morgan fingerprint density at radius 3 is 2.55 bits per heavy atom. The molecule has 0 radical (unpaired) electrons. The molecule has 1 N–H and O–H groups in total. The van der Waals surface area contributed by atoms with Crippen molar-refractivity contribution in [2.75, 3.05) is 6.61 Å². The minimum atomic E-state index is -4.33. The van der Waals surface area contributed by atoms with Crippen molar-refractivity contribution in [2.45, 2.75) is 19.0 Å². The molecule has 0 unspecified atom stereocenters. The molecule has 20 heavy (non-hydrogen) atoms. The van der Waals surface area contributed by atoms with Gasteiger partial charge in [-0.3, -0.25) is 10.1 Å². The Hall–Kier alpha value is -2.32. The molecular formula is C11H10F3NO5. The van der Waals surface area contributed by atoms with Gasteiger partial charge in [-0.05, 0) is 12.5 Å². The number of nitrogens with zero attached hydrogens (tertiary/aromatic N) is 1. The number of carbonyl (C=O) groups is 1. The van der Waals surface area contributed by atoms with Crippen LogP contribution in [0, 0.1) is 10.1 Å². The zero-order valence-electron chi connectivity index (χ0n) is 10.0. The highest BCUT2D eigenvalue weighted by molar-refractivity contribution is 5.95. The molecule has 0 aliphatic heterocycles. The van der Waals surface area contributed by atoms with Gasteiger partial charge in [-0.2, -0.15) is 13.2 Å². The summed E-state index contributed by atoms with van der Waals surface area (Å²) in [7, 11) is 0. The normalized spacial score (nSPS) is 11.2. The van der Waals surface area contributed by atoms with Gasteiger partial charge >= 0.3 is 12.1 Å². The maximum atomic E-state index is 11.9. The number of nitro benzene ring substituents is 1. The van der Waals surface area contributed by atoms with E-state index in [2.05, 4.69) is 0 Å². The van der Waals surface area contributed by atoms with Crippen LogP contribution in [0.2, 0.25) is 0 Å². The molecule has 0 fully saturated rings. The van der Waals surface area contributed by atoms with Crippen LogP contribution in [0.3, 0.4) is 0 Å². The van der Waals surface area contributed by atoms with Crippen LogP contribution >= 0.6 is 0 Å². The van der Waals surface area contributed by atoms with Gasteiger partial charge in [0.15, 0.2) is 5.56 Å². The predicted molar refractivity (Wildman–Crippen MR) is 60.8 cm³/mol. The molecule has 0 spiro atoms. The van der Waals surface area contributed by atoms with Gasteiger partial charge in [-0.1, -0.05) is 6.07 Å². The van der Waals surface area contributed by atoms with Crippen molar-refractivity contribution < 1.29 is 32.7 Å². The number of rotatable bonds is 6. The Labute approximate surface area is 110 Å². The second-order valence-electron chi connectivity index (χ2n) is 3.78. The summed E-state index contributed by atoms with van der Waals surface area (Å²) in [6, 6.07) is 3.33. The van der Waals surface area contributed by atoms with E-state index in [0.717, 1.165) is 12.1 Å². The number of halogens is 3. The number of ether oxygens (including phenoxy) is 1. The van der Waals surface area contributed by atoms with E-state index in [9.17, 15) is 28.1 Å². The maximum Gasteiger partial charge on any atom is 0.389 e. The van der Waals surface area contributed by atoms with E-state index < -0.39 is 34.7 Å². The first-order valence-corrected chi connectivity index (χ1v) is 5.42. The molecule has 0 bridgehead atoms. The first kappa shape index (κ1) is 15.7. The van der Waals surface area contributed by atoms with Crippen LogP contribution in [-0.4, -0.2) is 28.8 Å². The number of hydrogen-bond acceptors (Lipinski definition) is 4. The molecule has 0 saturated carbocycles. The topological polar surface area (TPSA) is 89.7 Å². The Bertz CT molecular complexity index is 515. The number of nitro groups is 1. The number of carboxylic acid groups (broad SMARTS) is 1. The van der Waals surface area contributed by atoms with E-state index in [4.69, 9.17) is 9.84 Å². The lowest BCUT2D eigenvalue weighted by Gasteiger charge is -2.10. The van der Waals surface area contributed by atoms with Crippen LogP contribution < -0.4 is 4.74 Å². The number of alkyl halides is 3. The number of carboxylic acids is 1. The predicted octanol–water partition coefficient (Wildman–Crippen LogP) is 3.01. The minimum Gasteiger partial charge on any atom is -0.492 e. The number of hydrogen-bond donors (Lipinski definition) is 1. The number of benzene rings is 1. The summed E-state index contributed by atoms with van der Waals surface area (Å²) in [6.45, 7) is -0.388. The summed E-state index contributed by atoms with van der Waals surface area (Å²) >= 11 is 0. The molecule has 0 atom stereocenters. The summed E-state index contributed by atoms with van der Waals surface area (Å²) in [5.74, 6) is -1.91. The van der Waals surface area contributed by atoms with Gasteiger partial charge in [-0.15, -0.1) is 0 Å². The van der Waals surface area contributed by atoms with Crippen molar-refractivity contribution in [3.63, 3.8) is 0 Å². The highest BCUT2D eigenvalue weighted by Gasteiger charge is 2.27. The summed E-state index contributed by atoms with van der Waals surface area (Å²) < 4.78 is 40.7. The average Bonchev–Trinajstić information content (AvgIpc) is 2.32. The first-order chi connectivity index (χ1) is 9.22. The standard InChI is InChI=1S/C11H10F3NO5/c12-11(13,14)5-2-6-20-8-4-1-3-7(15(18)19)9(8)10(16)17/h1,3-4H,2,5-6H2,(H,16,17). The van der Waals surface area contributed by atoms with Gasteiger partial charge in [0.2, 0.25) is 0 Å². The maximum absolute atomic E-state index is 11.9. The monoisotopic (exact) mass is 293 g/mol. The molecule has 0 amide bonds. The van der Waals surface area contributed by atoms with Crippen molar-refractivity contribution in [1.29, 1.82) is 0 Å². The summed E-state index contributed by atoms with van der Waals surface area (Å²) in [6.07, 6.45) is -5.78. The molecular weight excluding hydrogens is 283 g/mol. The molecule has 110 valence electrons. The molecule has 0 saturated heterocycles. The van der Waals surface area contributed by atoms with Crippen molar-refractivity contribution in [2.24, 2.45) is 0 Å². The third kappa shape index (κ3) is 4.41. The smallest absolute Gasteiger partial charge is 0.389 e. The molecule has 0 heterocycles. The van der Waals surface area contributed by atoms with E-state index in [0.29, 0.717) is 0 Å². The third-order valence-corrected chi connectivity index (χ3v) is 2.28. The van der Waals surface area contributed by atoms with E-state index in [1.807, 2.05) is 0 Å². The van der Waals surface area contributed by atoms with Crippen LogP contribution in [0.25, 0.3) is 0 Å². The first-order valence-electron chi connectivity index (χ1n) is 5.42. The van der Waals surface area contributed by atoms with Gasteiger partial charge in [-0.25, -0.2) is 4.79 Å². The molecule has 0 aliphatic rings. The quantitative estimate of drug-likeness (QED) is 0.494. The van der Waals surface area contributed by atoms with Crippen molar-refractivity contribution in [3.8, 4) is 5.75 Å². The van der Waals surface area contributed by atoms with Crippen LogP contribution in [-0.2, 0) is 0 Å². The van der Waals surface area contributed by atoms with Gasteiger partial charge in [0.05, 0.1) is 11.5 Å². The Balaban J connectivity index is 2.82. The lowest BCUT2D eigenvalue weighted by molar-refractivity contribution is -0.385. The highest BCUT2D eigenvalue weighted by Crippen LogP contribution is 2.29. The van der Waals surface area contributed by atoms with Gasteiger partial charge in [0.25, 0.3) is 5.69 Å². The SMILES string of the molecule is O=C(O)c1c(OCCCC(F)(F)F)cccc1[N+](=O)[O-]. The van der Waals surface area contributed by atoms with E-state index in [1.165, 1.54) is 6.07 Å². The fourth-order valence-corrected chi connectivity index (χ4v) is 1.46. The zero-order chi connectivity index (χ0) is 15.3. The molecule has 6 nitrogen and oxygen atoms in total. The van der Waals surface area contributed by atoms with E-state index in [1.54, 1.807) is 0 Å². The Kier molecular flexibility index (Phi) is 4.89. The molecule has 1 aromatic rings. The van der Waals surface area contributed by atoms with Crippen LogP contribution in [0.15, 0.2) is 18.2 Å². The summed E-state index contributed by atoms with van der Waals surface area (Å²) in [4.78, 5) is 20.8. The van der Waals surface area contributed by atoms with Crippen molar-refractivity contribution in [1.82, 2.24) is 0 Å². The number of aromatic carboxylic acids is 1. The van der Waals surface area contributed by atoms with E-state index >= 15 is 0 Å².